The summed E-state index contributed by atoms with van der Waals surface area (Å²) in [6, 6.07) is 3.31. The summed E-state index contributed by atoms with van der Waals surface area (Å²) in [5.41, 5.74) is -0.215. The molecule has 0 atom stereocenters. The second-order valence-corrected chi connectivity index (χ2v) is 3.75. The lowest BCUT2D eigenvalue weighted by Crippen LogP contribution is -2.24. The molecule has 0 spiro atoms. The molecule has 15 heavy (non-hydrogen) atoms. The molecule has 80 valence electrons. The maximum atomic E-state index is 10.7. The number of hydrogen-bond acceptors (Lipinski definition) is 3. The third-order valence-electron chi connectivity index (χ3n) is 1.42. The maximum absolute atomic E-state index is 10.7. The second-order valence-electron chi connectivity index (χ2n) is 2.69. The summed E-state index contributed by atoms with van der Waals surface area (Å²) in [6.45, 7) is 1.24. The Labute approximate surface area is 99.3 Å². The largest absolute Gasteiger partial charge is 0.477 e. The Morgan fingerprint density at radius 2 is 2.20 bits per heavy atom. The van der Waals surface area contributed by atoms with Crippen LogP contribution in [0.2, 0.25) is 0 Å². The van der Waals surface area contributed by atoms with Crippen molar-refractivity contribution in [3.05, 3.63) is 27.4 Å². The Morgan fingerprint density at radius 1 is 1.53 bits per heavy atom. The van der Waals surface area contributed by atoms with E-state index in [4.69, 9.17) is 9.52 Å². The summed E-state index contributed by atoms with van der Waals surface area (Å²) in [5, 5.41) is 11.0. The molecule has 0 aliphatic carbocycles. The van der Waals surface area contributed by atoms with E-state index in [0.717, 1.165) is 0 Å². The molecule has 0 unspecified atom stereocenters. The summed E-state index contributed by atoms with van der Waals surface area (Å²) in [5.74, 6) is -1.27. The summed E-state index contributed by atoms with van der Waals surface area (Å²) >= 11 is 1.96. The molecule has 0 saturated carbocycles. The van der Waals surface area contributed by atoms with Gasteiger partial charge >= 0.3 is 5.97 Å². The Bertz CT molecular complexity index is 422. The van der Waals surface area contributed by atoms with Gasteiger partial charge in [0.15, 0.2) is 3.77 Å². The van der Waals surface area contributed by atoms with Crippen molar-refractivity contribution in [1.29, 1.82) is 0 Å². The van der Waals surface area contributed by atoms with Crippen LogP contribution in [0.25, 0.3) is 6.08 Å². The van der Waals surface area contributed by atoms with Crippen molar-refractivity contribution in [3.8, 4) is 0 Å². The van der Waals surface area contributed by atoms with Gasteiger partial charge in [-0.05, 0) is 34.7 Å². The highest BCUT2D eigenvalue weighted by atomic mass is 127. The SMILES string of the molecule is CC(=O)NC(=Cc1ccc(I)o1)C(=O)O. The molecule has 1 aromatic rings. The van der Waals surface area contributed by atoms with Gasteiger partial charge in [-0.15, -0.1) is 0 Å². The number of halogens is 1. The molecule has 2 N–H and O–H groups in total. The van der Waals surface area contributed by atoms with Crippen LogP contribution in [-0.4, -0.2) is 17.0 Å². The molecule has 0 aromatic carbocycles. The highest BCUT2D eigenvalue weighted by molar-refractivity contribution is 14.1. The van der Waals surface area contributed by atoms with E-state index in [2.05, 4.69) is 5.32 Å². The number of carboxylic acid groups (broad SMARTS) is 1. The van der Waals surface area contributed by atoms with E-state index in [9.17, 15) is 9.59 Å². The minimum absolute atomic E-state index is 0.215. The molecule has 0 bridgehead atoms. The molecular formula is C9H8INO4. The first-order valence-corrected chi connectivity index (χ1v) is 5.05. The van der Waals surface area contributed by atoms with Crippen molar-refractivity contribution in [2.75, 3.05) is 0 Å². The lowest BCUT2D eigenvalue weighted by Gasteiger charge is -2.00. The van der Waals surface area contributed by atoms with Crippen molar-refractivity contribution in [1.82, 2.24) is 5.32 Å². The number of carbonyl (C=O) groups excluding carboxylic acids is 1. The van der Waals surface area contributed by atoms with Gasteiger partial charge in [-0.3, -0.25) is 4.79 Å². The van der Waals surface area contributed by atoms with Crippen LogP contribution in [0.1, 0.15) is 12.7 Å². The maximum Gasteiger partial charge on any atom is 0.352 e. The van der Waals surface area contributed by atoms with E-state index >= 15 is 0 Å². The van der Waals surface area contributed by atoms with Crippen LogP contribution in [-0.2, 0) is 9.59 Å². The van der Waals surface area contributed by atoms with E-state index in [1.807, 2.05) is 22.6 Å². The number of carboxylic acids is 1. The average molecular weight is 321 g/mol. The van der Waals surface area contributed by atoms with E-state index in [-0.39, 0.29) is 5.70 Å². The van der Waals surface area contributed by atoms with Crippen molar-refractivity contribution in [3.63, 3.8) is 0 Å². The number of hydrogen-bond donors (Lipinski definition) is 2. The van der Waals surface area contributed by atoms with Gasteiger partial charge in [-0.1, -0.05) is 0 Å². The van der Waals surface area contributed by atoms with Crippen LogP contribution in [0.15, 0.2) is 22.2 Å². The molecule has 0 aliphatic heterocycles. The smallest absolute Gasteiger partial charge is 0.352 e. The van der Waals surface area contributed by atoms with Gasteiger partial charge in [-0.25, -0.2) is 4.79 Å². The number of nitrogens with one attached hydrogen (secondary N) is 1. The Balaban J connectivity index is 2.93. The first-order chi connectivity index (χ1) is 6.99. The zero-order valence-electron chi connectivity index (χ0n) is 7.78. The Kier molecular flexibility index (Phi) is 3.89. The Morgan fingerprint density at radius 3 is 2.60 bits per heavy atom. The number of aliphatic carboxylic acids is 1. The fourth-order valence-corrected chi connectivity index (χ4v) is 1.32. The zero-order chi connectivity index (χ0) is 11.4. The van der Waals surface area contributed by atoms with Gasteiger partial charge in [0.2, 0.25) is 5.91 Å². The monoisotopic (exact) mass is 321 g/mol. The predicted molar refractivity (Wildman–Crippen MR) is 60.9 cm³/mol. The fourth-order valence-electron chi connectivity index (χ4n) is 0.889. The lowest BCUT2D eigenvalue weighted by atomic mass is 10.3. The molecule has 1 heterocycles. The van der Waals surface area contributed by atoms with Crippen molar-refractivity contribution < 1.29 is 19.1 Å². The summed E-state index contributed by atoms with van der Waals surface area (Å²) in [4.78, 5) is 21.4. The molecule has 1 amide bonds. The van der Waals surface area contributed by atoms with Crippen LogP contribution >= 0.6 is 22.6 Å². The third kappa shape index (κ3) is 3.74. The van der Waals surface area contributed by atoms with Gasteiger partial charge in [0, 0.05) is 13.0 Å². The second kappa shape index (κ2) is 4.96. The number of furan rings is 1. The van der Waals surface area contributed by atoms with Crippen molar-refractivity contribution in [2.45, 2.75) is 6.92 Å². The van der Waals surface area contributed by atoms with E-state index in [1.54, 1.807) is 12.1 Å². The van der Waals surface area contributed by atoms with Gasteiger partial charge in [0.1, 0.15) is 11.5 Å². The molecular weight excluding hydrogens is 313 g/mol. The first-order valence-electron chi connectivity index (χ1n) is 3.97. The first kappa shape index (κ1) is 11.8. The fraction of sp³-hybridized carbons (Fsp3) is 0.111. The molecule has 0 fully saturated rings. The summed E-state index contributed by atoms with van der Waals surface area (Å²) in [7, 11) is 0. The van der Waals surface area contributed by atoms with Crippen LogP contribution in [0.3, 0.4) is 0 Å². The minimum atomic E-state index is -1.21. The quantitative estimate of drug-likeness (QED) is 0.652. The molecule has 0 radical (unpaired) electrons. The normalized spacial score (nSPS) is 11.2. The van der Waals surface area contributed by atoms with Crippen molar-refractivity contribution >= 4 is 40.5 Å². The molecule has 1 aromatic heterocycles. The minimum Gasteiger partial charge on any atom is -0.477 e. The zero-order valence-corrected chi connectivity index (χ0v) is 9.94. The molecule has 1 rings (SSSR count). The predicted octanol–water partition coefficient (Wildman–Crippen LogP) is 1.45. The Hall–Kier alpha value is -1.31. The number of carbonyl (C=O) groups is 2. The van der Waals surface area contributed by atoms with Crippen LogP contribution < -0.4 is 5.32 Å². The van der Waals surface area contributed by atoms with Gasteiger partial charge in [0.05, 0.1) is 0 Å². The third-order valence-corrected chi connectivity index (χ3v) is 2.00. The van der Waals surface area contributed by atoms with E-state index in [1.165, 1.54) is 13.0 Å². The van der Waals surface area contributed by atoms with E-state index < -0.39 is 11.9 Å². The van der Waals surface area contributed by atoms with Gasteiger partial charge < -0.3 is 14.8 Å². The van der Waals surface area contributed by atoms with Gasteiger partial charge in [-0.2, -0.15) is 0 Å². The highest BCUT2D eigenvalue weighted by Gasteiger charge is 2.09. The standard InChI is InChI=1S/C9H8INO4/c1-5(12)11-7(9(13)14)4-6-2-3-8(10)15-6/h2-4H,1H3,(H,11,12)(H,13,14). The molecule has 6 heteroatoms. The van der Waals surface area contributed by atoms with E-state index in [0.29, 0.717) is 9.53 Å². The molecule has 0 saturated heterocycles. The number of rotatable bonds is 3. The van der Waals surface area contributed by atoms with Crippen molar-refractivity contribution in [2.24, 2.45) is 0 Å². The lowest BCUT2D eigenvalue weighted by molar-refractivity contribution is -0.134. The number of amides is 1. The van der Waals surface area contributed by atoms with Gasteiger partial charge in [0.25, 0.3) is 0 Å². The average Bonchev–Trinajstić information content (AvgIpc) is 2.49. The van der Waals surface area contributed by atoms with Crippen LogP contribution in [0.4, 0.5) is 0 Å². The molecule has 5 nitrogen and oxygen atoms in total. The summed E-state index contributed by atoms with van der Waals surface area (Å²) in [6.07, 6.45) is 1.26. The van der Waals surface area contributed by atoms with Crippen LogP contribution in [0.5, 0.6) is 0 Å². The topological polar surface area (TPSA) is 79.5 Å². The molecule has 0 aliphatic rings. The van der Waals surface area contributed by atoms with Crippen LogP contribution in [0, 0.1) is 3.77 Å². The summed E-state index contributed by atoms with van der Waals surface area (Å²) < 4.78 is 5.79. The highest BCUT2D eigenvalue weighted by Crippen LogP contribution is 2.12.